The number of imidazole rings is 1. The average molecular weight is 868 g/mol. The van der Waals surface area contributed by atoms with Crippen LogP contribution in [-0.4, -0.2) is 22.6 Å². The Morgan fingerprint density at radius 2 is 1.44 bits per heavy atom. The second kappa shape index (κ2) is 14.7. The van der Waals surface area contributed by atoms with Gasteiger partial charge in [-0.3, -0.25) is 4.98 Å². The van der Waals surface area contributed by atoms with E-state index in [1.807, 2.05) is 48.7 Å². The van der Waals surface area contributed by atoms with Crippen molar-refractivity contribution in [1.29, 1.82) is 0 Å². The van der Waals surface area contributed by atoms with Crippen LogP contribution in [0.1, 0.15) is 5.56 Å². The summed E-state index contributed by atoms with van der Waals surface area (Å²) in [7, 11) is -1.24. The fourth-order valence-corrected chi connectivity index (χ4v) is 7.52. The molecule has 6 heteroatoms. The Morgan fingerprint density at radius 3 is 2.21 bits per heavy atom. The van der Waals surface area contributed by atoms with Crippen LogP contribution in [0.4, 0.5) is 0 Å². The van der Waals surface area contributed by atoms with Gasteiger partial charge < -0.3 is 14.0 Å². The molecule has 0 fully saturated rings. The maximum Gasteiger partial charge on any atom is 0.120 e. The maximum absolute atomic E-state index is 6.36. The molecule has 0 aliphatic heterocycles. The number of aryl methyl sites for hydroxylation is 1. The number of pyridine rings is 1. The molecule has 1 radical (unpaired) electrons. The van der Waals surface area contributed by atoms with Crippen LogP contribution in [0.5, 0.6) is 0 Å². The van der Waals surface area contributed by atoms with E-state index in [-0.39, 0.29) is 20.1 Å². The zero-order chi connectivity index (χ0) is 35.0. The number of aromatic nitrogens is 3. The molecule has 3 aromatic heterocycles. The van der Waals surface area contributed by atoms with Crippen LogP contribution in [0.3, 0.4) is 0 Å². The molecule has 0 bridgehead atoms. The normalized spacial score (nSPS) is 11.3. The Balaban J connectivity index is 0.000000198. The number of benzene rings is 6. The minimum Gasteiger partial charge on any atom is -0.501 e. The molecule has 4 nitrogen and oxygen atoms in total. The van der Waals surface area contributed by atoms with Crippen molar-refractivity contribution in [2.75, 3.05) is 0 Å². The number of fused-ring (bicyclic) bond motifs is 4. The van der Waals surface area contributed by atoms with Crippen LogP contribution in [0.25, 0.3) is 72.4 Å². The van der Waals surface area contributed by atoms with Gasteiger partial charge in [0.25, 0.3) is 0 Å². The van der Waals surface area contributed by atoms with Crippen LogP contribution >= 0.6 is 0 Å². The Morgan fingerprint density at radius 1 is 0.692 bits per heavy atom. The zero-order valence-electron chi connectivity index (χ0n) is 29.5. The summed E-state index contributed by atoms with van der Waals surface area (Å²) in [6.07, 6.45) is 2.02. The van der Waals surface area contributed by atoms with Crippen molar-refractivity contribution in [1.82, 2.24) is 14.5 Å². The maximum atomic E-state index is 6.36. The summed E-state index contributed by atoms with van der Waals surface area (Å²) >= 11 is 0. The third-order valence-corrected chi connectivity index (χ3v) is 11.3. The van der Waals surface area contributed by atoms with Gasteiger partial charge in [0, 0.05) is 42.9 Å². The molecular formula is C46H37IrN3OSi-2. The first kappa shape index (κ1) is 35.0. The van der Waals surface area contributed by atoms with Crippen LogP contribution in [0, 0.1) is 19.1 Å². The summed E-state index contributed by atoms with van der Waals surface area (Å²) in [5.74, 6) is 0.814. The van der Waals surface area contributed by atoms with Crippen molar-refractivity contribution < 1.29 is 24.5 Å². The Labute approximate surface area is 319 Å². The fourth-order valence-electron chi connectivity index (χ4n) is 6.48. The van der Waals surface area contributed by atoms with E-state index < -0.39 is 8.07 Å². The molecule has 0 spiro atoms. The van der Waals surface area contributed by atoms with Gasteiger partial charge in [0.1, 0.15) is 5.58 Å². The van der Waals surface area contributed by atoms with Crippen molar-refractivity contribution in [3.63, 3.8) is 0 Å². The molecular weight excluding hydrogens is 831 g/mol. The second-order valence-corrected chi connectivity index (χ2v) is 18.9. The molecule has 6 aromatic carbocycles. The molecule has 0 N–H and O–H groups in total. The molecule has 0 saturated heterocycles. The SMILES string of the molecule is Cc1c[c-]c(-c2ccc([Si](C)(C)C)cn2)cc1.[Ir].[c-]1ccc2c(oc3ccccc32)c1-c1nc2ccccc2n1-c1ccccc1-c1ccccc1. The Kier molecular flexibility index (Phi) is 9.89. The third kappa shape index (κ3) is 6.81. The van der Waals surface area contributed by atoms with Gasteiger partial charge in [-0.15, -0.1) is 53.6 Å². The summed E-state index contributed by atoms with van der Waals surface area (Å²) < 4.78 is 8.59. The minimum absolute atomic E-state index is 0. The number of para-hydroxylation sites is 4. The van der Waals surface area contributed by atoms with Gasteiger partial charge in [0.2, 0.25) is 0 Å². The molecule has 0 atom stereocenters. The molecule has 0 saturated carbocycles. The van der Waals surface area contributed by atoms with E-state index in [0.717, 1.165) is 72.4 Å². The summed E-state index contributed by atoms with van der Waals surface area (Å²) in [6.45, 7) is 9.08. The van der Waals surface area contributed by atoms with Gasteiger partial charge in [0.05, 0.1) is 30.5 Å². The van der Waals surface area contributed by atoms with E-state index in [1.54, 1.807) is 0 Å². The van der Waals surface area contributed by atoms with Crippen molar-refractivity contribution in [3.8, 4) is 39.5 Å². The monoisotopic (exact) mass is 868 g/mol. The van der Waals surface area contributed by atoms with Gasteiger partial charge in [-0.05, 0) is 40.7 Å². The molecule has 3 heterocycles. The van der Waals surface area contributed by atoms with Gasteiger partial charge in [-0.2, -0.15) is 0 Å². The third-order valence-electron chi connectivity index (χ3n) is 9.23. The molecule has 0 aliphatic carbocycles. The van der Waals surface area contributed by atoms with Gasteiger partial charge in [-0.25, -0.2) is 0 Å². The van der Waals surface area contributed by atoms with Crippen LogP contribution < -0.4 is 5.19 Å². The zero-order valence-corrected chi connectivity index (χ0v) is 32.9. The average Bonchev–Trinajstić information content (AvgIpc) is 3.74. The summed E-state index contributed by atoms with van der Waals surface area (Å²) in [6, 6.07) is 56.6. The number of nitrogens with zero attached hydrogens (tertiary/aromatic N) is 3. The van der Waals surface area contributed by atoms with Gasteiger partial charge in [-0.1, -0.05) is 129 Å². The molecule has 0 aliphatic rings. The largest absolute Gasteiger partial charge is 0.501 e. The van der Waals surface area contributed by atoms with Crippen molar-refractivity contribution in [2.45, 2.75) is 26.6 Å². The Bertz CT molecular complexity index is 2620. The van der Waals surface area contributed by atoms with Crippen molar-refractivity contribution >= 4 is 46.2 Å². The minimum atomic E-state index is -1.24. The molecule has 52 heavy (non-hydrogen) atoms. The van der Waals surface area contributed by atoms with E-state index in [1.165, 1.54) is 10.8 Å². The number of hydrogen-bond acceptors (Lipinski definition) is 3. The quantitative estimate of drug-likeness (QED) is 0.128. The van der Waals surface area contributed by atoms with Gasteiger partial charge in [0.15, 0.2) is 0 Å². The van der Waals surface area contributed by atoms with E-state index in [9.17, 15) is 0 Å². The first-order valence-electron chi connectivity index (χ1n) is 17.2. The second-order valence-electron chi connectivity index (χ2n) is 13.8. The smallest absolute Gasteiger partial charge is 0.120 e. The van der Waals surface area contributed by atoms with E-state index in [4.69, 9.17) is 9.40 Å². The van der Waals surface area contributed by atoms with Crippen molar-refractivity contribution in [3.05, 3.63) is 169 Å². The van der Waals surface area contributed by atoms with E-state index in [0.29, 0.717) is 0 Å². The predicted molar refractivity (Wildman–Crippen MR) is 214 cm³/mol. The number of hydrogen-bond donors (Lipinski definition) is 0. The van der Waals surface area contributed by atoms with Crippen LogP contribution in [0.15, 0.2) is 156 Å². The number of rotatable bonds is 5. The topological polar surface area (TPSA) is 43.9 Å². The predicted octanol–water partition coefficient (Wildman–Crippen LogP) is 11.5. The fraction of sp³-hybridized carbons (Fsp3) is 0.0870. The van der Waals surface area contributed by atoms with E-state index in [2.05, 4.69) is 151 Å². The van der Waals surface area contributed by atoms with Crippen LogP contribution in [-0.2, 0) is 20.1 Å². The van der Waals surface area contributed by atoms with Crippen molar-refractivity contribution in [2.24, 2.45) is 0 Å². The van der Waals surface area contributed by atoms with Crippen LogP contribution in [0.2, 0.25) is 19.6 Å². The summed E-state index contributed by atoms with van der Waals surface area (Å²) in [4.78, 5) is 9.63. The summed E-state index contributed by atoms with van der Waals surface area (Å²) in [5, 5.41) is 3.56. The number of furan rings is 1. The summed E-state index contributed by atoms with van der Waals surface area (Å²) in [5.41, 5.74) is 11.2. The van der Waals surface area contributed by atoms with Gasteiger partial charge >= 0.3 is 0 Å². The molecule has 0 unspecified atom stereocenters. The first-order valence-corrected chi connectivity index (χ1v) is 20.7. The molecule has 9 rings (SSSR count). The molecule has 257 valence electrons. The Hall–Kier alpha value is -5.39. The molecule has 9 aromatic rings. The van der Waals surface area contributed by atoms with E-state index >= 15 is 0 Å². The standard InChI is InChI=1S/C31H19N2O.C15H18NSi.Ir/c1-2-11-21(12-3-1)22-13-4-7-18-27(22)33-28-19-8-6-17-26(28)32-31(33)25-16-10-15-24-23-14-5-9-20-29(23)34-30(24)25;1-12-5-7-13(8-6-12)15-10-9-14(11-16-15)17(2,3)4;/h1-15,17-20H;5-7,9-11H,1-4H3;/q2*-1;. The molecule has 0 amide bonds. The first-order chi connectivity index (χ1) is 24.8.